The third-order valence-corrected chi connectivity index (χ3v) is 4.61. The molecule has 0 spiro atoms. The summed E-state index contributed by atoms with van der Waals surface area (Å²) < 4.78 is 0. The Hall–Kier alpha value is -1.69. The summed E-state index contributed by atoms with van der Waals surface area (Å²) in [6.45, 7) is 12.5. The van der Waals surface area contributed by atoms with Crippen molar-refractivity contribution in [1.82, 2.24) is 20.8 Å². The van der Waals surface area contributed by atoms with Gasteiger partial charge in [0.05, 0.1) is 5.69 Å². The van der Waals surface area contributed by atoms with Crippen molar-refractivity contribution in [2.24, 2.45) is 0 Å². The number of aryl methyl sites for hydroxylation is 1. The van der Waals surface area contributed by atoms with Gasteiger partial charge in [-0.2, -0.15) is 5.10 Å². The number of H-pyrrole nitrogens is 1. The van der Waals surface area contributed by atoms with Crippen LogP contribution in [0, 0.1) is 0 Å². The minimum atomic E-state index is -0.408. The fraction of sp³-hybridized carbons (Fsp3) is 0.722. The van der Waals surface area contributed by atoms with E-state index in [0.717, 1.165) is 24.1 Å². The van der Waals surface area contributed by atoms with Gasteiger partial charge in [-0.05, 0) is 58.9 Å². The number of aromatic amines is 1. The molecule has 0 aromatic carbocycles. The molecule has 2 heterocycles. The highest BCUT2D eigenvalue weighted by Gasteiger charge is 2.38. The van der Waals surface area contributed by atoms with E-state index in [1.165, 1.54) is 0 Å². The van der Waals surface area contributed by atoms with Crippen LogP contribution < -0.4 is 16.2 Å². The number of nitrogens with one attached hydrogen (secondary N) is 3. The molecule has 0 bridgehead atoms. The van der Waals surface area contributed by atoms with Crippen LogP contribution >= 0.6 is 0 Å². The first-order chi connectivity index (χ1) is 11.1. The Morgan fingerprint density at radius 3 is 2.25 bits per heavy atom. The average molecular weight is 334 g/mol. The summed E-state index contributed by atoms with van der Waals surface area (Å²) in [7, 11) is 0. The van der Waals surface area contributed by atoms with Gasteiger partial charge >= 0.3 is 0 Å². The van der Waals surface area contributed by atoms with Crippen LogP contribution in [0.3, 0.4) is 0 Å². The van der Waals surface area contributed by atoms with E-state index in [1.54, 1.807) is 0 Å². The zero-order valence-corrected chi connectivity index (χ0v) is 15.7. The van der Waals surface area contributed by atoms with Crippen molar-refractivity contribution in [3.63, 3.8) is 0 Å². The van der Waals surface area contributed by atoms with Crippen molar-refractivity contribution >= 4 is 5.91 Å². The van der Waals surface area contributed by atoms with Crippen molar-refractivity contribution in [2.75, 3.05) is 0 Å². The van der Waals surface area contributed by atoms with Crippen LogP contribution in [0.5, 0.6) is 0 Å². The summed E-state index contributed by atoms with van der Waals surface area (Å²) >= 11 is 0. The fourth-order valence-electron chi connectivity index (χ4n) is 4.12. The van der Waals surface area contributed by atoms with Crippen LogP contribution in [-0.4, -0.2) is 33.2 Å². The number of carbonyl (C=O) groups is 1. The smallest absolute Gasteiger partial charge is 0.277 e. The quantitative estimate of drug-likeness (QED) is 0.785. The Kier molecular flexibility index (Phi) is 5.18. The van der Waals surface area contributed by atoms with E-state index < -0.39 is 5.56 Å². The van der Waals surface area contributed by atoms with E-state index in [-0.39, 0.29) is 28.6 Å². The molecular weight excluding hydrogens is 304 g/mol. The molecule has 1 saturated heterocycles. The van der Waals surface area contributed by atoms with E-state index >= 15 is 0 Å². The first-order valence-corrected chi connectivity index (χ1v) is 8.79. The van der Waals surface area contributed by atoms with Gasteiger partial charge in [0, 0.05) is 17.1 Å². The molecule has 24 heavy (non-hydrogen) atoms. The minimum absolute atomic E-state index is 0.0334. The molecule has 0 aliphatic carbocycles. The highest BCUT2D eigenvalue weighted by molar-refractivity contribution is 5.95. The van der Waals surface area contributed by atoms with Gasteiger partial charge in [0.2, 0.25) is 0 Å². The van der Waals surface area contributed by atoms with Crippen molar-refractivity contribution in [3.05, 3.63) is 27.2 Å². The van der Waals surface area contributed by atoms with Crippen LogP contribution in [0.15, 0.2) is 4.79 Å². The fourth-order valence-corrected chi connectivity index (χ4v) is 4.12. The number of rotatable bonds is 4. The van der Waals surface area contributed by atoms with Crippen molar-refractivity contribution in [1.29, 1.82) is 0 Å². The van der Waals surface area contributed by atoms with Crippen molar-refractivity contribution in [2.45, 2.75) is 84.3 Å². The summed E-state index contributed by atoms with van der Waals surface area (Å²) in [5, 5.41) is 13.2. The van der Waals surface area contributed by atoms with E-state index in [0.29, 0.717) is 12.8 Å². The number of hydrogen-bond acceptors (Lipinski definition) is 4. The van der Waals surface area contributed by atoms with E-state index in [1.807, 2.05) is 13.8 Å². The van der Waals surface area contributed by atoms with Crippen molar-refractivity contribution in [3.8, 4) is 0 Å². The van der Waals surface area contributed by atoms with Gasteiger partial charge in [-0.3, -0.25) is 9.59 Å². The van der Waals surface area contributed by atoms with Gasteiger partial charge < -0.3 is 10.6 Å². The lowest BCUT2D eigenvalue weighted by molar-refractivity contribution is 0.0870. The maximum Gasteiger partial charge on any atom is 0.277 e. The van der Waals surface area contributed by atoms with Crippen LogP contribution in [0.25, 0.3) is 0 Å². The zero-order valence-electron chi connectivity index (χ0n) is 15.7. The molecule has 1 aromatic rings. The largest absolute Gasteiger partial charge is 0.349 e. The van der Waals surface area contributed by atoms with Gasteiger partial charge in [-0.25, -0.2) is 5.10 Å². The SMILES string of the molecule is CCc1n[nH]c(=O)c(C(=O)NC2CC(C)(C)NC(C)(C)C2)c1CC. The maximum atomic E-state index is 12.8. The number of amides is 1. The lowest BCUT2D eigenvalue weighted by atomic mass is 9.79. The third-order valence-electron chi connectivity index (χ3n) is 4.61. The molecule has 3 N–H and O–H groups in total. The van der Waals surface area contributed by atoms with Crippen LogP contribution in [-0.2, 0) is 12.8 Å². The van der Waals surface area contributed by atoms with E-state index in [2.05, 4.69) is 48.5 Å². The van der Waals surface area contributed by atoms with Crippen LogP contribution in [0.4, 0.5) is 0 Å². The van der Waals surface area contributed by atoms with Gasteiger partial charge in [-0.15, -0.1) is 0 Å². The normalized spacial score (nSPS) is 19.9. The number of nitrogens with zero attached hydrogens (tertiary/aromatic N) is 1. The van der Waals surface area contributed by atoms with Gasteiger partial charge in [-0.1, -0.05) is 13.8 Å². The standard InChI is InChI=1S/C18H30N4O2/c1-7-12-13(8-2)20-21-16(24)14(12)15(23)19-11-9-17(3,4)22-18(5,6)10-11/h11,22H,7-10H2,1-6H3,(H,19,23)(H,21,24). The molecule has 0 atom stereocenters. The first-order valence-electron chi connectivity index (χ1n) is 8.79. The van der Waals surface area contributed by atoms with Crippen molar-refractivity contribution < 1.29 is 4.79 Å². The Bertz CT molecular complexity index is 660. The molecule has 1 aliphatic rings. The van der Waals surface area contributed by atoms with Gasteiger partial charge in [0.25, 0.3) is 11.5 Å². The molecular formula is C18H30N4O2. The molecule has 0 radical (unpaired) electrons. The first kappa shape index (κ1) is 18.6. The highest BCUT2D eigenvalue weighted by Crippen LogP contribution is 2.28. The predicted molar refractivity (Wildman–Crippen MR) is 95.4 cm³/mol. The molecule has 134 valence electrons. The van der Waals surface area contributed by atoms with Gasteiger partial charge in [0.1, 0.15) is 5.56 Å². The maximum absolute atomic E-state index is 12.8. The molecule has 1 aromatic heterocycles. The third kappa shape index (κ3) is 4.04. The Labute approximate surface area is 143 Å². The molecule has 1 fully saturated rings. The Balaban J connectivity index is 2.29. The Morgan fingerprint density at radius 1 is 1.17 bits per heavy atom. The second-order valence-corrected chi connectivity index (χ2v) is 8.03. The number of aromatic nitrogens is 2. The van der Waals surface area contributed by atoms with Crippen LogP contribution in [0.2, 0.25) is 0 Å². The zero-order chi connectivity index (χ0) is 18.1. The lowest BCUT2D eigenvalue weighted by Crippen LogP contribution is -2.62. The number of hydrogen-bond donors (Lipinski definition) is 3. The van der Waals surface area contributed by atoms with Crippen LogP contribution in [0.1, 0.15) is 76.0 Å². The lowest BCUT2D eigenvalue weighted by Gasteiger charge is -2.46. The molecule has 0 unspecified atom stereocenters. The summed E-state index contributed by atoms with van der Waals surface area (Å²) in [5.74, 6) is -0.288. The van der Waals surface area contributed by atoms with Gasteiger partial charge in [0.15, 0.2) is 0 Å². The Morgan fingerprint density at radius 2 is 1.75 bits per heavy atom. The average Bonchev–Trinajstić information content (AvgIpc) is 2.42. The molecule has 2 rings (SSSR count). The monoisotopic (exact) mass is 334 g/mol. The number of piperidine rings is 1. The summed E-state index contributed by atoms with van der Waals surface area (Å²) in [5.41, 5.74) is 1.23. The molecule has 6 heteroatoms. The predicted octanol–water partition coefficient (Wildman–Crippen LogP) is 1.93. The number of carbonyl (C=O) groups excluding carboxylic acids is 1. The summed E-state index contributed by atoms with van der Waals surface area (Å²) in [4.78, 5) is 25.0. The molecule has 0 saturated carbocycles. The van der Waals surface area contributed by atoms with E-state index in [9.17, 15) is 9.59 Å². The summed E-state index contributed by atoms with van der Waals surface area (Å²) in [6.07, 6.45) is 2.96. The van der Waals surface area contributed by atoms with E-state index in [4.69, 9.17) is 0 Å². The second-order valence-electron chi connectivity index (χ2n) is 8.03. The summed E-state index contributed by atoms with van der Waals surface area (Å²) in [6, 6.07) is 0.0334. The molecule has 1 amide bonds. The molecule has 6 nitrogen and oxygen atoms in total. The second kappa shape index (κ2) is 6.67. The highest BCUT2D eigenvalue weighted by atomic mass is 16.2. The molecule has 1 aliphatic heterocycles. The minimum Gasteiger partial charge on any atom is -0.349 e. The topological polar surface area (TPSA) is 86.9 Å².